The van der Waals surface area contributed by atoms with Crippen LogP contribution in [-0.4, -0.2) is 57.8 Å². The molecule has 2 aromatic carbocycles. The van der Waals surface area contributed by atoms with Crippen molar-refractivity contribution in [2.45, 2.75) is 25.4 Å². The summed E-state index contributed by atoms with van der Waals surface area (Å²) in [6.07, 6.45) is 6.99. The fourth-order valence-corrected chi connectivity index (χ4v) is 5.36. The number of fused-ring (bicyclic) bond motifs is 1. The van der Waals surface area contributed by atoms with Gasteiger partial charge in [-0.25, -0.2) is 19.2 Å². The fourth-order valence-electron chi connectivity index (χ4n) is 4.96. The van der Waals surface area contributed by atoms with Gasteiger partial charge in [0.05, 0.1) is 21.6 Å². The van der Waals surface area contributed by atoms with Crippen molar-refractivity contribution in [2.75, 3.05) is 36.0 Å². The number of nitrogens with one attached hydrogen (secondary N) is 1. The maximum absolute atomic E-state index is 15.6. The Morgan fingerprint density at radius 1 is 1.08 bits per heavy atom. The molecular weight excluding hydrogens is 523 g/mol. The largest absolute Gasteiger partial charge is 0.477 e. The lowest BCUT2D eigenvalue weighted by atomic mass is 10.1. The number of pyridine rings is 1. The van der Waals surface area contributed by atoms with E-state index in [2.05, 4.69) is 15.3 Å². The van der Waals surface area contributed by atoms with Crippen LogP contribution in [0.4, 0.5) is 16.0 Å². The number of aromatic nitrogens is 3. The molecule has 0 amide bonds. The predicted octanol–water partition coefficient (Wildman–Crippen LogP) is 3.85. The molecule has 1 aliphatic heterocycles. The Morgan fingerprint density at radius 3 is 2.38 bits per heavy atom. The lowest BCUT2D eigenvalue weighted by molar-refractivity contribution is 0.0695. The van der Waals surface area contributed by atoms with Crippen LogP contribution in [-0.2, 0) is 6.54 Å². The van der Waals surface area contributed by atoms with Crippen molar-refractivity contribution < 1.29 is 14.3 Å². The highest BCUT2D eigenvalue weighted by atomic mass is 35.5. The van der Waals surface area contributed by atoms with E-state index in [1.54, 1.807) is 23.0 Å². The van der Waals surface area contributed by atoms with Crippen molar-refractivity contribution in [3.05, 3.63) is 87.2 Å². The maximum Gasteiger partial charge on any atom is 0.341 e. The molecule has 4 aromatic rings. The van der Waals surface area contributed by atoms with Crippen LogP contribution < -0.4 is 20.5 Å². The fraction of sp³-hybridized carbons (Fsp3) is 0.286. The van der Waals surface area contributed by atoms with Crippen LogP contribution >= 0.6 is 11.6 Å². The molecule has 3 heterocycles. The summed E-state index contributed by atoms with van der Waals surface area (Å²) in [7, 11) is 0. The summed E-state index contributed by atoms with van der Waals surface area (Å²) in [5, 5.41) is 13.1. The highest BCUT2D eigenvalue weighted by Crippen LogP contribution is 2.37. The standard InChI is InChI=1S/C28H26ClFN6O3/c29-23-24-20(14-22(30)25(23)34-10-12-35(13-11-34)28-31-8-1-9-32-28)26(37)21(27(38)39)16-36(24)19-6-2-17(3-7-19)15-33-18-4-5-18/h1-3,6-9,14,16,18,33H,4-5,10-13,15H2,(H,38,39). The molecule has 2 N–H and O–H groups in total. The summed E-state index contributed by atoms with van der Waals surface area (Å²) in [6, 6.07) is 11.0. The molecule has 2 aliphatic rings. The Hall–Kier alpha value is -4.02. The Morgan fingerprint density at radius 2 is 1.74 bits per heavy atom. The third-order valence-corrected chi connectivity index (χ3v) is 7.56. The highest BCUT2D eigenvalue weighted by Gasteiger charge is 2.27. The van der Waals surface area contributed by atoms with Gasteiger partial charge in [0.15, 0.2) is 0 Å². The van der Waals surface area contributed by atoms with E-state index in [0.717, 1.165) is 18.2 Å². The molecule has 1 aliphatic carbocycles. The molecule has 1 saturated carbocycles. The number of halogens is 2. The molecule has 2 fully saturated rings. The minimum Gasteiger partial charge on any atom is -0.477 e. The maximum atomic E-state index is 15.6. The van der Waals surface area contributed by atoms with E-state index in [4.69, 9.17) is 11.6 Å². The zero-order chi connectivity index (χ0) is 27.1. The molecule has 0 unspecified atom stereocenters. The van der Waals surface area contributed by atoms with Crippen LogP contribution in [0.1, 0.15) is 28.8 Å². The van der Waals surface area contributed by atoms with Crippen LogP contribution in [0, 0.1) is 5.82 Å². The number of anilines is 2. The molecule has 200 valence electrons. The molecule has 1 saturated heterocycles. The van der Waals surface area contributed by atoms with Crippen molar-refractivity contribution in [1.82, 2.24) is 19.9 Å². The molecule has 9 nitrogen and oxygen atoms in total. The zero-order valence-corrected chi connectivity index (χ0v) is 21.7. The van der Waals surface area contributed by atoms with Crippen molar-refractivity contribution in [3.8, 4) is 5.69 Å². The second kappa shape index (κ2) is 10.3. The molecule has 0 spiro atoms. The Labute approximate surface area is 228 Å². The Bertz CT molecular complexity index is 1600. The van der Waals surface area contributed by atoms with E-state index < -0.39 is 22.8 Å². The zero-order valence-electron chi connectivity index (χ0n) is 21.0. The summed E-state index contributed by atoms with van der Waals surface area (Å²) in [4.78, 5) is 37.4. The normalized spacial score (nSPS) is 15.6. The molecule has 2 aromatic heterocycles. The summed E-state index contributed by atoms with van der Waals surface area (Å²) in [6.45, 7) is 2.76. The number of carboxylic acids is 1. The Kier molecular flexibility index (Phi) is 6.66. The summed E-state index contributed by atoms with van der Waals surface area (Å²) in [5.41, 5.74) is 0.898. The average Bonchev–Trinajstić information content (AvgIpc) is 3.78. The van der Waals surface area contributed by atoms with Crippen molar-refractivity contribution in [2.24, 2.45) is 0 Å². The minimum absolute atomic E-state index is 0.0583. The first-order chi connectivity index (χ1) is 18.9. The number of aromatic carboxylic acids is 1. The number of carbonyl (C=O) groups is 1. The summed E-state index contributed by atoms with van der Waals surface area (Å²) >= 11 is 6.88. The summed E-state index contributed by atoms with van der Waals surface area (Å²) < 4.78 is 17.1. The predicted molar refractivity (Wildman–Crippen MR) is 148 cm³/mol. The van der Waals surface area contributed by atoms with Gasteiger partial charge in [0.1, 0.15) is 11.4 Å². The van der Waals surface area contributed by atoms with Gasteiger partial charge >= 0.3 is 5.97 Å². The smallest absolute Gasteiger partial charge is 0.341 e. The van der Waals surface area contributed by atoms with Gasteiger partial charge in [-0.3, -0.25) is 4.79 Å². The van der Waals surface area contributed by atoms with Gasteiger partial charge in [0.2, 0.25) is 11.4 Å². The van der Waals surface area contributed by atoms with Crippen molar-refractivity contribution >= 4 is 40.1 Å². The van der Waals surface area contributed by atoms with Crippen LogP contribution in [0.15, 0.2) is 59.8 Å². The van der Waals surface area contributed by atoms with Crippen LogP contribution in [0.25, 0.3) is 16.6 Å². The van der Waals surface area contributed by atoms with Crippen LogP contribution in [0.3, 0.4) is 0 Å². The van der Waals surface area contributed by atoms with Crippen LogP contribution in [0.2, 0.25) is 5.02 Å². The first-order valence-corrected chi connectivity index (χ1v) is 13.2. The first-order valence-electron chi connectivity index (χ1n) is 12.8. The van der Waals surface area contributed by atoms with Crippen molar-refractivity contribution in [3.63, 3.8) is 0 Å². The van der Waals surface area contributed by atoms with Gasteiger partial charge in [-0.05, 0) is 42.7 Å². The topological polar surface area (TPSA) is 104 Å². The van der Waals surface area contributed by atoms with E-state index in [-0.39, 0.29) is 21.6 Å². The van der Waals surface area contributed by atoms with Gasteiger partial charge in [-0.1, -0.05) is 23.7 Å². The number of nitrogens with zero attached hydrogens (tertiary/aromatic N) is 5. The van der Waals surface area contributed by atoms with E-state index in [9.17, 15) is 14.7 Å². The van der Waals surface area contributed by atoms with Gasteiger partial charge in [0.25, 0.3) is 0 Å². The van der Waals surface area contributed by atoms with Crippen LogP contribution in [0.5, 0.6) is 0 Å². The van der Waals surface area contributed by atoms with E-state index in [1.165, 1.54) is 19.0 Å². The van der Waals surface area contributed by atoms with Gasteiger partial charge in [-0.2, -0.15) is 0 Å². The van der Waals surface area contributed by atoms with E-state index >= 15 is 4.39 Å². The van der Waals surface area contributed by atoms with E-state index in [1.807, 2.05) is 34.1 Å². The number of benzene rings is 2. The summed E-state index contributed by atoms with van der Waals surface area (Å²) in [5.74, 6) is -1.46. The average molecular weight is 549 g/mol. The van der Waals surface area contributed by atoms with Gasteiger partial charge < -0.3 is 24.8 Å². The van der Waals surface area contributed by atoms with Crippen molar-refractivity contribution in [1.29, 1.82) is 0 Å². The molecule has 0 bridgehead atoms. The number of hydrogen-bond donors (Lipinski definition) is 2. The van der Waals surface area contributed by atoms with E-state index in [0.29, 0.717) is 43.9 Å². The lowest BCUT2D eigenvalue weighted by Gasteiger charge is -2.36. The molecule has 6 rings (SSSR count). The second-order valence-corrected chi connectivity index (χ2v) is 10.2. The molecule has 11 heteroatoms. The molecule has 0 atom stereocenters. The number of piperazine rings is 1. The minimum atomic E-state index is -1.39. The van der Waals surface area contributed by atoms with Gasteiger partial charge in [0, 0.05) is 63.0 Å². The molecule has 0 radical (unpaired) electrons. The number of hydrogen-bond acceptors (Lipinski definition) is 7. The third-order valence-electron chi connectivity index (χ3n) is 7.20. The SMILES string of the molecule is O=C(O)c1cn(-c2ccc(CNC3CC3)cc2)c2c(Cl)c(N3CCN(c4ncccn4)CC3)c(F)cc2c1=O. The molecule has 39 heavy (non-hydrogen) atoms. The monoisotopic (exact) mass is 548 g/mol. The second-order valence-electron chi connectivity index (χ2n) is 9.81. The number of carboxylic acid groups (broad SMARTS) is 1. The lowest BCUT2D eigenvalue weighted by Crippen LogP contribution is -2.47. The quantitative estimate of drug-likeness (QED) is 0.359. The first kappa shape index (κ1) is 25.3. The third kappa shape index (κ3) is 4.93. The highest BCUT2D eigenvalue weighted by molar-refractivity contribution is 6.38. The Balaban J connectivity index is 1.40. The number of rotatable bonds is 7. The van der Waals surface area contributed by atoms with Gasteiger partial charge in [-0.15, -0.1) is 0 Å². The molecular formula is C28H26ClFN6O3.